The molecule has 4 aliphatic heterocycles. The molecule has 19 heteroatoms. The number of para-hydroxylation sites is 1. The van der Waals surface area contributed by atoms with Gasteiger partial charge in [0.1, 0.15) is 23.4 Å². The molecule has 6 N–H and O–H groups in total. The summed E-state index contributed by atoms with van der Waals surface area (Å²) in [7, 11) is 0. The van der Waals surface area contributed by atoms with Crippen molar-refractivity contribution in [2.75, 3.05) is 50.7 Å². The van der Waals surface area contributed by atoms with Crippen LogP contribution in [0.2, 0.25) is 0 Å². The molecule has 5 aliphatic rings. The summed E-state index contributed by atoms with van der Waals surface area (Å²) in [4.78, 5) is 76.5. The number of ether oxygens (including phenoxy) is 1. The van der Waals surface area contributed by atoms with Gasteiger partial charge in [-0.25, -0.2) is 19.6 Å². The van der Waals surface area contributed by atoms with E-state index in [-0.39, 0.29) is 49.3 Å². The molecule has 1 spiro atoms. The van der Waals surface area contributed by atoms with Gasteiger partial charge in [0.05, 0.1) is 17.8 Å². The van der Waals surface area contributed by atoms with Gasteiger partial charge in [-0.1, -0.05) is 44.0 Å². The number of rotatable bonds is 13. The maximum atomic E-state index is 14.7. The minimum Gasteiger partial charge on any atom is -0.507 e. The number of anilines is 1. The fourth-order valence-electron chi connectivity index (χ4n) is 12.3. The SMILES string of the molecule is C#Cc1ccc(CNC(=O)[C@@H]2C[C@@H](O)CN2C(=O)[C@@H](NC(=O)N2CC3(CC(N4CCC(c5cnc(N6CCc7[nH]c8nnc(-c9ccccc9O)cc8c7[C@H]6C)nc5)CC4)C3)C2)C(C)(C)CCNC(=O)OC(C)(C)C)cc1. The Morgan fingerprint density at radius 2 is 1.68 bits per heavy atom. The van der Waals surface area contributed by atoms with Crippen molar-refractivity contribution in [1.29, 1.82) is 0 Å². The van der Waals surface area contributed by atoms with E-state index in [4.69, 9.17) is 21.1 Å². The first-order valence-electron chi connectivity index (χ1n) is 27.1. The fourth-order valence-corrected chi connectivity index (χ4v) is 12.3. The van der Waals surface area contributed by atoms with Gasteiger partial charge in [0.15, 0.2) is 5.65 Å². The highest BCUT2D eigenvalue weighted by molar-refractivity contribution is 5.93. The Hall–Kier alpha value is -7.30. The number of hydrogen-bond acceptors (Lipinski definition) is 13. The zero-order valence-electron chi connectivity index (χ0n) is 45.0. The molecule has 0 bridgehead atoms. The number of fused-ring (bicyclic) bond motifs is 3. The second-order valence-electron chi connectivity index (χ2n) is 23.7. The minimum absolute atomic E-state index is 0.00776. The van der Waals surface area contributed by atoms with Gasteiger partial charge in [-0.2, -0.15) is 0 Å². The average molecular weight is 1050 g/mol. The van der Waals surface area contributed by atoms with E-state index in [1.54, 1.807) is 49.9 Å². The van der Waals surface area contributed by atoms with E-state index in [0.29, 0.717) is 48.7 Å². The number of likely N-dealkylation sites (tertiary alicyclic amines) is 3. The van der Waals surface area contributed by atoms with Gasteiger partial charge in [-0.05, 0) is 126 Å². The third-order valence-electron chi connectivity index (χ3n) is 16.6. The van der Waals surface area contributed by atoms with Crippen molar-refractivity contribution in [2.45, 2.75) is 135 Å². The summed E-state index contributed by atoms with van der Waals surface area (Å²) in [6.45, 7) is 15.4. The maximum Gasteiger partial charge on any atom is 0.407 e. The molecule has 77 heavy (non-hydrogen) atoms. The molecule has 406 valence electrons. The van der Waals surface area contributed by atoms with Crippen LogP contribution in [0.25, 0.3) is 22.3 Å². The molecule has 4 atom stereocenters. The summed E-state index contributed by atoms with van der Waals surface area (Å²) >= 11 is 0. The van der Waals surface area contributed by atoms with Crippen molar-refractivity contribution in [3.05, 3.63) is 94.9 Å². The van der Waals surface area contributed by atoms with Crippen molar-refractivity contribution in [3.8, 4) is 29.4 Å². The predicted molar refractivity (Wildman–Crippen MR) is 290 cm³/mol. The molecule has 1 saturated carbocycles. The number of phenolic OH excluding ortho intramolecular Hbond substituents is 1. The summed E-state index contributed by atoms with van der Waals surface area (Å²) < 4.78 is 5.44. The third kappa shape index (κ3) is 11.3. The van der Waals surface area contributed by atoms with Gasteiger partial charge in [0, 0.05) is 104 Å². The second-order valence-corrected chi connectivity index (χ2v) is 23.7. The summed E-state index contributed by atoms with van der Waals surface area (Å²) in [5.41, 5.74) is 5.40. The Balaban J connectivity index is 0.724. The lowest BCUT2D eigenvalue weighted by Crippen LogP contribution is -2.70. The molecule has 4 fully saturated rings. The summed E-state index contributed by atoms with van der Waals surface area (Å²) in [6, 6.07) is 14.4. The lowest BCUT2D eigenvalue weighted by atomic mass is 9.60. The van der Waals surface area contributed by atoms with E-state index in [0.717, 1.165) is 90.7 Å². The van der Waals surface area contributed by atoms with Gasteiger partial charge in [0.25, 0.3) is 0 Å². The van der Waals surface area contributed by atoms with Crippen LogP contribution < -0.4 is 20.9 Å². The molecule has 3 saturated heterocycles. The van der Waals surface area contributed by atoms with Crippen LogP contribution in [0.1, 0.15) is 120 Å². The average Bonchev–Trinajstić information content (AvgIpc) is 4.09. The van der Waals surface area contributed by atoms with Crippen LogP contribution in [0.15, 0.2) is 67.0 Å². The highest BCUT2D eigenvalue weighted by Gasteiger charge is 2.56. The quantitative estimate of drug-likeness (QED) is 0.0726. The number of benzene rings is 2. The topological polar surface area (TPSA) is 234 Å². The largest absolute Gasteiger partial charge is 0.507 e. The zero-order valence-corrected chi connectivity index (χ0v) is 45.0. The highest BCUT2D eigenvalue weighted by Crippen LogP contribution is 2.51. The molecule has 19 nitrogen and oxygen atoms in total. The lowest BCUT2D eigenvalue weighted by Gasteiger charge is -2.61. The van der Waals surface area contributed by atoms with Gasteiger partial charge in [0.2, 0.25) is 17.8 Å². The number of carbonyl (C=O) groups excluding carboxylic acids is 4. The van der Waals surface area contributed by atoms with Crippen LogP contribution in [0.3, 0.4) is 0 Å². The summed E-state index contributed by atoms with van der Waals surface area (Å²) in [5, 5.41) is 40.0. The number of piperidine rings is 1. The molecule has 3 aromatic heterocycles. The van der Waals surface area contributed by atoms with Crippen molar-refractivity contribution in [2.24, 2.45) is 10.8 Å². The number of phenols is 1. The highest BCUT2D eigenvalue weighted by atomic mass is 16.6. The van der Waals surface area contributed by atoms with Crippen LogP contribution in [0, 0.1) is 23.2 Å². The second kappa shape index (κ2) is 21.3. The summed E-state index contributed by atoms with van der Waals surface area (Å²) in [6.07, 6.45) is 13.2. The summed E-state index contributed by atoms with van der Waals surface area (Å²) in [5.74, 6) is 2.92. The number of aliphatic hydroxyl groups excluding tert-OH is 1. The molecule has 5 amide bonds. The number of amides is 5. The van der Waals surface area contributed by atoms with Crippen molar-refractivity contribution < 1.29 is 34.1 Å². The first kappa shape index (κ1) is 53.1. The number of H-pyrrole nitrogens is 1. The maximum absolute atomic E-state index is 14.7. The number of β-amino-alcohol motifs (C(OH)–C–C–N with tert-alkyl or cyclic N) is 1. The number of carbonyl (C=O) groups is 4. The Morgan fingerprint density at radius 1 is 0.961 bits per heavy atom. The number of aromatic nitrogens is 5. The lowest BCUT2D eigenvalue weighted by molar-refractivity contribution is -0.142. The van der Waals surface area contributed by atoms with Crippen LogP contribution in [-0.4, -0.2) is 150 Å². The van der Waals surface area contributed by atoms with Gasteiger partial charge < -0.3 is 55.5 Å². The molecule has 7 heterocycles. The standard InChI is InChI=1S/C58H72N12O7/c1-8-36-13-15-37(16-14-36)29-60-51(73)46-25-41(71)32-70(46)52(74)49(57(6,7)20-21-59-55(76)77-56(3,4)5)64-54(75)68-33-58(34-68)27-40(28-58)67-22-17-38(18-23-67)39-30-61-53(62-31-39)69-24-19-44-48(35(69)2)43-26-45(65-66-50(43)63-44)42-11-9-10-12-47(42)72/h1,9-16,26,30-31,35,38,40-41,46,49,71-72H,17-25,27-29,32-34H2,2-7H3,(H,59,76)(H,60,73)(H,63,66)(H,64,75)/t35-,41-,46+,49-/m1/s1. The zero-order chi connectivity index (χ0) is 54.4. The molecule has 0 unspecified atom stereocenters. The van der Waals surface area contributed by atoms with Crippen molar-refractivity contribution in [1.82, 2.24) is 55.8 Å². The molecule has 10 rings (SSSR count). The van der Waals surface area contributed by atoms with E-state index in [2.05, 4.69) is 53.8 Å². The number of urea groups is 1. The molecule has 1 aliphatic carbocycles. The number of terminal acetylenes is 1. The van der Waals surface area contributed by atoms with Gasteiger partial charge >= 0.3 is 12.1 Å². The Kier molecular flexibility index (Phi) is 14.7. The predicted octanol–water partition coefficient (Wildman–Crippen LogP) is 6.17. The third-order valence-corrected chi connectivity index (χ3v) is 16.6. The van der Waals surface area contributed by atoms with Crippen LogP contribution in [0.5, 0.6) is 5.75 Å². The van der Waals surface area contributed by atoms with E-state index >= 15 is 0 Å². The Labute approximate surface area is 449 Å². The van der Waals surface area contributed by atoms with E-state index in [1.165, 1.54) is 4.90 Å². The monoisotopic (exact) mass is 1050 g/mol. The van der Waals surface area contributed by atoms with E-state index in [9.17, 15) is 29.4 Å². The number of aromatic amines is 1. The number of hydrogen-bond donors (Lipinski definition) is 6. The number of nitrogens with one attached hydrogen (secondary N) is 4. The molecule has 2 aromatic carbocycles. The number of aliphatic hydroxyl groups is 1. The molecular weight excluding hydrogens is 977 g/mol. The molecule has 0 radical (unpaired) electrons. The number of alkyl carbamates (subject to hydrolysis) is 1. The Morgan fingerprint density at radius 3 is 2.36 bits per heavy atom. The first-order valence-corrected chi connectivity index (χ1v) is 27.1. The minimum atomic E-state index is -1.08. The molecule has 5 aromatic rings. The van der Waals surface area contributed by atoms with Gasteiger partial charge in [-0.15, -0.1) is 16.6 Å². The van der Waals surface area contributed by atoms with Crippen LogP contribution >= 0.6 is 0 Å². The van der Waals surface area contributed by atoms with E-state index in [1.807, 2.05) is 56.6 Å². The number of aromatic hydroxyl groups is 1. The molecular formula is C58H72N12O7. The van der Waals surface area contributed by atoms with Crippen molar-refractivity contribution in [3.63, 3.8) is 0 Å². The van der Waals surface area contributed by atoms with Crippen molar-refractivity contribution >= 4 is 40.9 Å². The normalized spacial score (nSPS) is 21.2. The van der Waals surface area contributed by atoms with Crippen LogP contribution in [-0.2, 0) is 27.3 Å². The fraction of sp³-hybridized carbons (Fsp3) is 0.517. The number of nitrogens with zero attached hydrogens (tertiary/aromatic N) is 8. The Bertz CT molecular complexity index is 3030. The smallest absolute Gasteiger partial charge is 0.407 e. The van der Waals surface area contributed by atoms with E-state index < -0.39 is 47.1 Å². The first-order chi connectivity index (χ1) is 36.8. The van der Waals surface area contributed by atoms with Gasteiger partial charge in [-0.3, -0.25) is 9.59 Å². The van der Waals surface area contributed by atoms with Crippen LogP contribution in [0.4, 0.5) is 15.5 Å².